The summed E-state index contributed by atoms with van der Waals surface area (Å²) in [6, 6.07) is 0.161. The first kappa shape index (κ1) is 33.3. The summed E-state index contributed by atoms with van der Waals surface area (Å²) in [5.74, 6) is 0. The Hall–Kier alpha value is -0.730. The van der Waals surface area contributed by atoms with Gasteiger partial charge in [-0.2, -0.15) is 0 Å². The van der Waals surface area contributed by atoms with Gasteiger partial charge in [0.05, 0.1) is 0 Å². The van der Waals surface area contributed by atoms with Crippen LogP contribution in [0.2, 0.25) is 0 Å². The van der Waals surface area contributed by atoms with Crippen molar-refractivity contribution in [1.29, 1.82) is 0 Å². The molecule has 0 aliphatic rings. The number of rotatable bonds is 28. The van der Waals surface area contributed by atoms with E-state index in [0.717, 1.165) is 12.8 Å². The van der Waals surface area contributed by atoms with Gasteiger partial charge < -0.3 is 10.4 Å². The van der Waals surface area contributed by atoms with Crippen LogP contribution >= 0.6 is 0 Å². The molecule has 1 unspecified atom stereocenters. The van der Waals surface area contributed by atoms with Crippen LogP contribution in [-0.2, 0) is 0 Å². The maximum absolute atomic E-state index is 11.1. The van der Waals surface area contributed by atoms with E-state index in [4.69, 9.17) is 5.11 Å². The molecule has 0 fully saturated rings. The highest BCUT2D eigenvalue weighted by molar-refractivity contribution is 5.64. The number of hydrogen-bond donors (Lipinski definition) is 2. The van der Waals surface area contributed by atoms with Gasteiger partial charge in [-0.15, -0.1) is 0 Å². The monoisotopic (exact) mass is 481 g/mol. The van der Waals surface area contributed by atoms with Crippen molar-refractivity contribution in [3.05, 3.63) is 0 Å². The Morgan fingerprint density at radius 3 is 0.941 bits per heavy atom. The first-order valence-corrected chi connectivity index (χ1v) is 15.7. The van der Waals surface area contributed by atoms with Gasteiger partial charge in [0.2, 0.25) is 0 Å². The van der Waals surface area contributed by atoms with Gasteiger partial charge in [0.1, 0.15) is 0 Å². The van der Waals surface area contributed by atoms with Gasteiger partial charge in [-0.05, 0) is 12.8 Å². The van der Waals surface area contributed by atoms with E-state index in [9.17, 15) is 4.79 Å². The minimum atomic E-state index is -0.849. The fourth-order valence-electron chi connectivity index (χ4n) is 5.10. The highest BCUT2D eigenvalue weighted by atomic mass is 16.4. The van der Waals surface area contributed by atoms with Crippen LogP contribution in [0, 0.1) is 0 Å². The van der Waals surface area contributed by atoms with Crippen LogP contribution in [0.3, 0.4) is 0 Å². The Kier molecular flexibility index (Phi) is 27.9. The van der Waals surface area contributed by atoms with Crippen molar-refractivity contribution in [3.63, 3.8) is 0 Å². The predicted molar refractivity (Wildman–Crippen MR) is 151 cm³/mol. The van der Waals surface area contributed by atoms with E-state index < -0.39 is 6.09 Å². The molecule has 204 valence electrons. The number of unbranched alkanes of at least 4 members (excludes halogenated alkanes) is 23. The standard InChI is InChI=1S/C31H63NO2/c1-3-5-7-9-11-13-15-16-17-18-19-21-23-25-27-29-30(32-31(33)34)28-26-24-22-20-14-12-10-8-6-4-2/h30,32H,3-29H2,1-2H3,(H,33,34). The van der Waals surface area contributed by atoms with Crippen molar-refractivity contribution >= 4 is 6.09 Å². The third kappa shape index (κ3) is 27.5. The molecule has 0 rings (SSSR count). The smallest absolute Gasteiger partial charge is 0.404 e. The molecule has 0 aromatic rings. The molecule has 0 aliphatic heterocycles. The summed E-state index contributed by atoms with van der Waals surface area (Å²) in [5.41, 5.74) is 0. The molecule has 2 N–H and O–H groups in total. The van der Waals surface area contributed by atoms with Crippen molar-refractivity contribution in [1.82, 2.24) is 5.32 Å². The van der Waals surface area contributed by atoms with Crippen molar-refractivity contribution in [2.75, 3.05) is 0 Å². The van der Waals surface area contributed by atoms with Gasteiger partial charge in [0.15, 0.2) is 0 Å². The molecule has 0 heterocycles. The van der Waals surface area contributed by atoms with E-state index in [1.165, 1.54) is 161 Å². The Bertz CT molecular complexity index is 399. The van der Waals surface area contributed by atoms with Crippen LogP contribution in [0.25, 0.3) is 0 Å². The Morgan fingerprint density at radius 1 is 0.471 bits per heavy atom. The van der Waals surface area contributed by atoms with E-state index >= 15 is 0 Å². The molecular weight excluding hydrogens is 418 g/mol. The first-order chi connectivity index (χ1) is 16.7. The van der Waals surface area contributed by atoms with E-state index in [0.29, 0.717) is 0 Å². The SMILES string of the molecule is CCCCCCCCCCCCCCCCCC(CCCCCCCCCCCC)NC(=O)O. The zero-order valence-corrected chi connectivity index (χ0v) is 23.5. The van der Waals surface area contributed by atoms with Gasteiger partial charge in [0, 0.05) is 6.04 Å². The molecule has 0 bridgehead atoms. The van der Waals surface area contributed by atoms with Crippen LogP contribution in [0.15, 0.2) is 0 Å². The minimum Gasteiger partial charge on any atom is -0.465 e. The van der Waals surface area contributed by atoms with E-state index in [2.05, 4.69) is 19.2 Å². The molecule has 34 heavy (non-hydrogen) atoms. The lowest BCUT2D eigenvalue weighted by atomic mass is 9.99. The van der Waals surface area contributed by atoms with Crippen LogP contribution in [0.5, 0.6) is 0 Å². The van der Waals surface area contributed by atoms with E-state index in [-0.39, 0.29) is 6.04 Å². The molecule has 3 nitrogen and oxygen atoms in total. The minimum absolute atomic E-state index is 0.161. The number of hydrogen-bond acceptors (Lipinski definition) is 1. The van der Waals surface area contributed by atoms with E-state index in [1.807, 2.05) is 0 Å². The summed E-state index contributed by atoms with van der Waals surface area (Å²) in [4.78, 5) is 11.1. The topological polar surface area (TPSA) is 49.3 Å². The molecule has 0 saturated heterocycles. The van der Waals surface area contributed by atoms with Crippen molar-refractivity contribution in [3.8, 4) is 0 Å². The highest BCUT2D eigenvalue weighted by Crippen LogP contribution is 2.16. The molecule has 0 saturated carbocycles. The van der Waals surface area contributed by atoms with E-state index in [1.54, 1.807) is 0 Å². The van der Waals surface area contributed by atoms with Crippen LogP contribution in [0.4, 0.5) is 4.79 Å². The lowest BCUT2D eigenvalue weighted by Crippen LogP contribution is -2.33. The normalized spacial score (nSPS) is 12.2. The summed E-state index contributed by atoms with van der Waals surface area (Å²) in [5, 5.41) is 11.9. The lowest BCUT2D eigenvalue weighted by molar-refractivity contribution is 0.187. The quantitative estimate of drug-likeness (QED) is 0.109. The average Bonchev–Trinajstić information content (AvgIpc) is 2.82. The second-order valence-corrected chi connectivity index (χ2v) is 10.9. The number of carboxylic acid groups (broad SMARTS) is 1. The van der Waals surface area contributed by atoms with Gasteiger partial charge in [-0.25, -0.2) is 4.79 Å². The van der Waals surface area contributed by atoms with Crippen molar-refractivity contribution in [2.45, 2.75) is 193 Å². The van der Waals surface area contributed by atoms with Crippen LogP contribution < -0.4 is 5.32 Å². The van der Waals surface area contributed by atoms with Crippen LogP contribution in [-0.4, -0.2) is 17.2 Å². The fourth-order valence-corrected chi connectivity index (χ4v) is 5.10. The maximum Gasteiger partial charge on any atom is 0.404 e. The zero-order valence-electron chi connectivity index (χ0n) is 23.5. The zero-order chi connectivity index (χ0) is 25.0. The second-order valence-electron chi connectivity index (χ2n) is 10.9. The number of carbonyl (C=O) groups is 1. The molecule has 1 atom stereocenters. The third-order valence-electron chi connectivity index (χ3n) is 7.39. The average molecular weight is 482 g/mol. The molecule has 1 amide bonds. The largest absolute Gasteiger partial charge is 0.465 e. The Balaban J connectivity index is 3.49. The number of amides is 1. The summed E-state index contributed by atoms with van der Waals surface area (Å²) < 4.78 is 0. The molecule has 0 aromatic heterocycles. The molecule has 0 aromatic carbocycles. The van der Waals surface area contributed by atoms with Crippen LogP contribution in [0.1, 0.15) is 187 Å². The van der Waals surface area contributed by atoms with Gasteiger partial charge in [-0.1, -0.05) is 174 Å². The van der Waals surface area contributed by atoms with Gasteiger partial charge in [0.25, 0.3) is 0 Å². The lowest BCUT2D eigenvalue weighted by Gasteiger charge is -2.16. The first-order valence-electron chi connectivity index (χ1n) is 15.7. The predicted octanol–water partition coefficient (Wildman–Crippen LogP) is 11.2. The summed E-state index contributed by atoms with van der Waals surface area (Å²) >= 11 is 0. The molecule has 0 radical (unpaired) electrons. The summed E-state index contributed by atoms with van der Waals surface area (Å²) in [6.45, 7) is 4.56. The summed E-state index contributed by atoms with van der Waals surface area (Å²) in [7, 11) is 0. The van der Waals surface area contributed by atoms with Gasteiger partial charge >= 0.3 is 6.09 Å². The van der Waals surface area contributed by atoms with Crippen molar-refractivity contribution < 1.29 is 9.90 Å². The Morgan fingerprint density at radius 2 is 0.706 bits per heavy atom. The Labute approximate surface area is 214 Å². The summed E-state index contributed by atoms with van der Waals surface area (Å²) in [6.07, 6.45) is 35.2. The van der Waals surface area contributed by atoms with Gasteiger partial charge in [-0.3, -0.25) is 0 Å². The van der Waals surface area contributed by atoms with Crippen molar-refractivity contribution in [2.24, 2.45) is 0 Å². The number of nitrogens with one attached hydrogen (secondary N) is 1. The molecule has 0 aliphatic carbocycles. The molecule has 3 heteroatoms. The maximum atomic E-state index is 11.1. The molecular formula is C31H63NO2. The molecule has 0 spiro atoms. The highest BCUT2D eigenvalue weighted by Gasteiger charge is 2.10. The third-order valence-corrected chi connectivity index (χ3v) is 7.39. The fraction of sp³-hybridized carbons (Fsp3) is 0.968. The second kappa shape index (κ2) is 28.5.